The van der Waals surface area contributed by atoms with Crippen LogP contribution in [0.1, 0.15) is 18.4 Å². The lowest BCUT2D eigenvalue weighted by Gasteiger charge is -2.25. The number of para-hydroxylation sites is 1. The van der Waals surface area contributed by atoms with Crippen LogP contribution in [0, 0.1) is 0 Å². The molecule has 9 rings (SSSR count). The Bertz CT molecular complexity index is 2330. The number of allylic oxidation sites excluding steroid dienone is 3. The zero-order valence-electron chi connectivity index (χ0n) is 22.8. The molecule has 3 heterocycles. The van der Waals surface area contributed by atoms with Crippen LogP contribution in [0.25, 0.3) is 52.8 Å². The molecule has 0 fully saturated rings. The monoisotopic (exact) mass is 558 g/mol. The first-order valence-electron chi connectivity index (χ1n) is 14.4. The summed E-state index contributed by atoms with van der Waals surface area (Å²) in [6.45, 7) is 0. The minimum Gasteiger partial charge on any atom is -0.310 e. The van der Waals surface area contributed by atoms with E-state index in [-0.39, 0.29) is 6.17 Å². The van der Waals surface area contributed by atoms with Crippen LogP contribution >= 0.6 is 11.3 Å². The van der Waals surface area contributed by atoms with Crippen LogP contribution in [0.3, 0.4) is 0 Å². The van der Waals surface area contributed by atoms with Crippen LogP contribution in [0.15, 0.2) is 137 Å². The number of nitrogens with zero attached hydrogens (tertiary/aromatic N) is 3. The first kappa shape index (κ1) is 23.7. The van der Waals surface area contributed by atoms with Crippen LogP contribution < -0.4 is 5.32 Å². The van der Waals surface area contributed by atoms with Gasteiger partial charge in [0.25, 0.3) is 0 Å². The predicted octanol–water partition coefficient (Wildman–Crippen LogP) is 9.17. The Morgan fingerprint density at radius 3 is 2.31 bits per heavy atom. The lowest BCUT2D eigenvalue weighted by molar-refractivity contribution is 0.733. The van der Waals surface area contributed by atoms with Crippen LogP contribution in [0.5, 0.6) is 0 Å². The molecule has 0 saturated heterocycles. The summed E-state index contributed by atoms with van der Waals surface area (Å²) in [6.07, 6.45) is 8.25. The molecule has 0 amide bonds. The van der Waals surface area contributed by atoms with E-state index < -0.39 is 0 Å². The van der Waals surface area contributed by atoms with Gasteiger partial charge in [-0.15, -0.1) is 11.3 Å². The second-order valence-electron chi connectivity index (χ2n) is 11.0. The molecule has 0 bridgehead atoms. The maximum atomic E-state index is 5.28. The van der Waals surface area contributed by atoms with Crippen molar-refractivity contribution in [2.24, 2.45) is 9.98 Å². The van der Waals surface area contributed by atoms with Crippen molar-refractivity contribution in [3.05, 3.63) is 132 Å². The van der Waals surface area contributed by atoms with Crippen molar-refractivity contribution in [3.8, 4) is 0 Å². The van der Waals surface area contributed by atoms with Gasteiger partial charge in [0.2, 0.25) is 5.96 Å². The third-order valence-corrected chi connectivity index (χ3v) is 9.61. The first-order valence-corrected chi connectivity index (χ1v) is 15.2. The van der Waals surface area contributed by atoms with Gasteiger partial charge in [0.05, 0.1) is 11.0 Å². The van der Waals surface area contributed by atoms with E-state index in [0.29, 0.717) is 0 Å². The lowest BCUT2D eigenvalue weighted by Crippen LogP contribution is -2.41. The predicted molar refractivity (Wildman–Crippen MR) is 179 cm³/mol. The summed E-state index contributed by atoms with van der Waals surface area (Å²) in [5.41, 5.74) is 4.58. The molecular weight excluding hydrogens is 533 g/mol. The third kappa shape index (κ3) is 3.67. The lowest BCUT2D eigenvalue weighted by atomic mass is 10.0. The molecule has 0 radical (unpaired) electrons. The van der Waals surface area contributed by atoms with Crippen molar-refractivity contribution in [2.75, 3.05) is 0 Å². The number of aliphatic imine (C=N–C) groups is 2. The fourth-order valence-corrected chi connectivity index (χ4v) is 7.60. The van der Waals surface area contributed by atoms with E-state index in [4.69, 9.17) is 9.98 Å². The summed E-state index contributed by atoms with van der Waals surface area (Å²) in [5.74, 6) is 1.65. The quantitative estimate of drug-likeness (QED) is 0.226. The third-order valence-electron chi connectivity index (χ3n) is 8.49. The number of amidine groups is 1. The fraction of sp³-hybridized carbons (Fsp3) is 0.0811. The fourth-order valence-electron chi connectivity index (χ4n) is 6.45. The van der Waals surface area contributed by atoms with E-state index in [0.717, 1.165) is 41.2 Å². The zero-order chi connectivity index (χ0) is 27.6. The van der Waals surface area contributed by atoms with Crippen molar-refractivity contribution >= 4 is 75.9 Å². The molecule has 4 nitrogen and oxygen atoms in total. The van der Waals surface area contributed by atoms with Gasteiger partial charge in [-0.05, 0) is 59.5 Å². The van der Waals surface area contributed by atoms with E-state index in [9.17, 15) is 0 Å². The average molecular weight is 559 g/mol. The van der Waals surface area contributed by atoms with E-state index >= 15 is 0 Å². The average Bonchev–Trinajstić information content (AvgIpc) is 3.57. The molecule has 42 heavy (non-hydrogen) atoms. The number of benzene rings is 5. The number of fused-ring (bicyclic) bond motifs is 7. The summed E-state index contributed by atoms with van der Waals surface area (Å²) in [5, 5.41) is 11.2. The van der Waals surface area contributed by atoms with Gasteiger partial charge in [-0.1, -0.05) is 91.0 Å². The molecule has 1 unspecified atom stereocenters. The molecule has 2 aromatic heterocycles. The van der Waals surface area contributed by atoms with Gasteiger partial charge in [-0.25, -0.2) is 9.98 Å². The van der Waals surface area contributed by atoms with Gasteiger partial charge in [-0.2, -0.15) is 0 Å². The van der Waals surface area contributed by atoms with Gasteiger partial charge < -0.3 is 5.32 Å². The molecule has 1 aliphatic heterocycles. The van der Waals surface area contributed by atoms with Gasteiger partial charge >= 0.3 is 0 Å². The largest absolute Gasteiger partial charge is 0.310 e. The van der Waals surface area contributed by atoms with Crippen LogP contribution in [0.2, 0.25) is 0 Å². The minimum absolute atomic E-state index is 0.269. The molecule has 1 atom stereocenters. The van der Waals surface area contributed by atoms with E-state index in [1.807, 2.05) is 17.4 Å². The Balaban J connectivity index is 1.31. The SMILES string of the molecule is C1=CCCC(C2N=C(c3ccccc3)NC(n3c4ccccc4c4cc5sc6cc7ccccc7cc6c5cc43)=N2)=C1. The van der Waals surface area contributed by atoms with Gasteiger partial charge in [-0.3, -0.25) is 4.57 Å². The number of aromatic nitrogens is 1. The van der Waals surface area contributed by atoms with Gasteiger partial charge in [0, 0.05) is 36.5 Å². The summed E-state index contributed by atoms with van der Waals surface area (Å²) >= 11 is 1.87. The van der Waals surface area contributed by atoms with Crippen LogP contribution in [0.4, 0.5) is 0 Å². The van der Waals surface area contributed by atoms with Crippen molar-refractivity contribution in [1.82, 2.24) is 9.88 Å². The van der Waals surface area contributed by atoms with Crippen LogP contribution in [-0.4, -0.2) is 22.5 Å². The van der Waals surface area contributed by atoms with Crippen molar-refractivity contribution in [1.29, 1.82) is 0 Å². The van der Waals surface area contributed by atoms with E-state index in [2.05, 4.69) is 125 Å². The molecule has 0 spiro atoms. The number of hydrogen-bond donors (Lipinski definition) is 1. The number of rotatable bonds is 2. The molecule has 1 N–H and O–H groups in total. The highest BCUT2D eigenvalue weighted by Gasteiger charge is 2.25. The van der Waals surface area contributed by atoms with E-state index in [1.165, 1.54) is 47.3 Å². The Morgan fingerprint density at radius 1 is 0.690 bits per heavy atom. The number of thiophene rings is 1. The molecule has 0 saturated carbocycles. The second kappa shape index (κ2) is 9.26. The maximum Gasteiger partial charge on any atom is 0.211 e. The first-order chi connectivity index (χ1) is 20.8. The highest BCUT2D eigenvalue weighted by molar-refractivity contribution is 7.26. The number of nitrogens with one attached hydrogen (secondary N) is 1. The Morgan fingerprint density at radius 2 is 1.45 bits per heavy atom. The molecule has 1 aliphatic carbocycles. The highest BCUT2D eigenvalue weighted by atomic mass is 32.1. The summed E-state index contributed by atoms with van der Waals surface area (Å²) in [4.78, 5) is 10.4. The highest BCUT2D eigenvalue weighted by Crippen LogP contribution is 2.41. The van der Waals surface area contributed by atoms with Gasteiger partial charge in [0.1, 0.15) is 5.84 Å². The van der Waals surface area contributed by atoms with Gasteiger partial charge in [0.15, 0.2) is 6.17 Å². The standard InChI is InChI=1S/C37H26N4S/c1-3-11-23(12-4-1)35-38-36(24-13-5-2-6-14-24)40-37(39-35)41-31-18-10-9-17-27(31)28-22-34-30(21-32(28)41)29-19-25-15-7-8-16-26(25)20-33(29)42-34/h1-5,7-13,15-22,36H,6,14H2,(H,38,39,40). The topological polar surface area (TPSA) is 41.7 Å². The minimum atomic E-state index is -0.269. The summed E-state index contributed by atoms with van der Waals surface area (Å²) < 4.78 is 4.92. The second-order valence-corrected chi connectivity index (χ2v) is 12.1. The molecular formula is C37H26N4S. The smallest absolute Gasteiger partial charge is 0.211 e. The molecule has 5 heteroatoms. The Kier molecular flexibility index (Phi) is 5.22. The normalized spacial score (nSPS) is 17.1. The van der Waals surface area contributed by atoms with Crippen LogP contribution in [-0.2, 0) is 0 Å². The Hall–Kier alpha value is -5.00. The molecule has 7 aromatic rings. The van der Waals surface area contributed by atoms with Crippen molar-refractivity contribution in [2.45, 2.75) is 19.0 Å². The van der Waals surface area contributed by atoms with Crippen molar-refractivity contribution < 1.29 is 0 Å². The van der Waals surface area contributed by atoms with E-state index in [1.54, 1.807) is 0 Å². The summed E-state index contributed by atoms with van der Waals surface area (Å²) in [6, 6.07) is 37.1. The Labute approximate surface area is 246 Å². The van der Waals surface area contributed by atoms with Crippen molar-refractivity contribution in [3.63, 3.8) is 0 Å². The molecule has 5 aromatic carbocycles. The molecule has 2 aliphatic rings. The molecule has 200 valence electrons. The summed E-state index contributed by atoms with van der Waals surface area (Å²) in [7, 11) is 0. The zero-order valence-corrected chi connectivity index (χ0v) is 23.6. The maximum absolute atomic E-state index is 5.28. The number of hydrogen-bond acceptors (Lipinski definition) is 4.